The molecule has 0 aliphatic heterocycles. The van der Waals surface area contributed by atoms with Gasteiger partial charge in [-0.05, 0) is 50.0 Å². The van der Waals surface area contributed by atoms with E-state index in [0.29, 0.717) is 33.6 Å². The molecule has 0 atom stereocenters. The molecule has 0 amide bonds. The molecule has 2 aromatic heterocycles. The maximum Gasteiger partial charge on any atom is 0.148 e. The molecule has 3 aromatic rings. The number of imidazole rings is 1. The van der Waals surface area contributed by atoms with E-state index in [-0.39, 0.29) is 0 Å². The molecule has 5 nitrogen and oxygen atoms in total. The van der Waals surface area contributed by atoms with Crippen molar-refractivity contribution < 1.29 is 4.39 Å². The molecule has 0 saturated carbocycles. The van der Waals surface area contributed by atoms with Crippen LogP contribution in [0, 0.1) is 12.7 Å². The summed E-state index contributed by atoms with van der Waals surface area (Å²) < 4.78 is 16.2. The fraction of sp³-hybridized carbons (Fsp3) is 0.0556. The Morgan fingerprint density at radius 2 is 2.12 bits per heavy atom. The number of aliphatic imine (C=N–C) groups is 1. The molecule has 2 N–H and O–H groups in total. The van der Waals surface area contributed by atoms with Gasteiger partial charge in [-0.1, -0.05) is 11.6 Å². The van der Waals surface area contributed by atoms with Crippen LogP contribution in [0.2, 0.25) is 5.02 Å². The van der Waals surface area contributed by atoms with Crippen LogP contribution in [0.25, 0.3) is 23.2 Å². The van der Waals surface area contributed by atoms with Gasteiger partial charge in [-0.2, -0.15) is 0 Å². The van der Waals surface area contributed by atoms with Crippen molar-refractivity contribution in [3.63, 3.8) is 0 Å². The predicted molar refractivity (Wildman–Crippen MR) is 99.5 cm³/mol. The molecule has 0 fully saturated rings. The standard InChI is InChI=1S/C18H15ClFN5/c1-11-15(7-8-22-2)24-18(12-3-6-17(21)23-10-12)25(11)16-5-4-13(19)9-14(16)20/h3-10H,2H2,1H3,(H2,21,23)/b8-7-. The minimum atomic E-state index is -0.449. The van der Waals surface area contributed by atoms with Gasteiger partial charge in [0, 0.05) is 28.7 Å². The lowest BCUT2D eigenvalue weighted by Gasteiger charge is -2.11. The second-order valence-electron chi connectivity index (χ2n) is 5.31. The van der Waals surface area contributed by atoms with Gasteiger partial charge < -0.3 is 5.73 Å². The minimum absolute atomic E-state index is 0.325. The molecule has 0 bridgehead atoms. The van der Waals surface area contributed by atoms with Crippen LogP contribution < -0.4 is 5.73 Å². The third kappa shape index (κ3) is 3.29. The van der Waals surface area contributed by atoms with Gasteiger partial charge in [0.25, 0.3) is 0 Å². The van der Waals surface area contributed by atoms with Gasteiger partial charge in [-0.3, -0.25) is 9.56 Å². The zero-order valence-corrected chi connectivity index (χ0v) is 14.2. The van der Waals surface area contributed by atoms with Crippen LogP contribution in [0.5, 0.6) is 0 Å². The monoisotopic (exact) mass is 355 g/mol. The summed E-state index contributed by atoms with van der Waals surface area (Å²) in [6.07, 6.45) is 4.84. The number of hydrogen-bond donors (Lipinski definition) is 1. The zero-order valence-electron chi connectivity index (χ0n) is 13.4. The number of pyridine rings is 1. The lowest BCUT2D eigenvalue weighted by atomic mass is 10.2. The average Bonchev–Trinajstić information content (AvgIpc) is 2.90. The van der Waals surface area contributed by atoms with Gasteiger partial charge in [-0.25, -0.2) is 14.4 Å². The number of halogens is 2. The molecule has 0 radical (unpaired) electrons. The zero-order chi connectivity index (χ0) is 18.0. The number of aromatic nitrogens is 3. The number of nitrogens with two attached hydrogens (primary N) is 1. The SMILES string of the molecule is C=N/C=C\c1nc(-c2ccc(N)nc2)n(-c2ccc(Cl)cc2F)c1C. The first-order chi connectivity index (χ1) is 12.0. The van der Waals surface area contributed by atoms with Crippen molar-refractivity contribution >= 4 is 30.2 Å². The topological polar surface area (TPSA) is 69.1 Å². The van der Waals surface area contributed by atoms with Crippen molar-refractivity contribution in [3.05, 3.63) is 65.0 Å². The van der Waals surface area contributed by atoms with Crippen molar-refractivity contribution in [1.82, 2.24) is 14.5 Å². The molecule has 126 valence electrons. The van der Waals surface area contributed by atoms with Crippen molar-refractivity contribution in [2.75, 3.05) is 5.73 Å². The quantitative estimate of drug-likeness (QED) is 0.710. The van der Waals surface area contributed by atoms with Gasteiger partial charge in [-0.15, -0.1) is 0 Å². The van der Waals surface area contributed by atoms with Crippen LogP contribution in [0.1, 0.15) is 11.4 Å². The predicted octanol–water partition coefficient (Wildman–Crippen LogP) is 4.29. The molecular weight excluding hydrogens is 341 g/mol. The lowest BCUT2D eigenvalue weighted by molar-refractivity contribution is 0.617. The van der Waals surface area contributed by atoms with Crippen LogP contribution in [0.15, 0.2) is 47.7 Å². The Morgan fingerprint density at radius 3 is 2.76 bits per heavy atom. The number of nitrogens with zero attached hydrogens (tertiary/aromatic N) is 4. The van der Waals surface area contributed by atoms with Crippen molar-refractivity contribution in [2.45, 2.75) is 6.92 Å². The van der Waals surface area contributed by atoms with Crippen LogP contribution in [-0.4, -0.2) is 21.3 Å². The van der Waals surface area contributed by atoms with Gasteiger partial charge in [0.2, 0.25) is 0 Å². The average molecular weight is 356 g/mol. The maximum atomic E-state index is 14.5. The molecule has 0 aliphatic carbocycles. The van der Waals surface area contributed by atoms with Crippen molar-refractivity contribution in [1.29, 1.82) is 0 Å². The fourth-order valence-corrected chi connectivity index (χ4v) is 2.65. The fourth-order valence-electron chi connectivity index (χ4n) is 2.49. The van der Waals surface area contributed by atoms with Crippen LogP contribution in [0.4, 0.5) is 10.2 Å². The number of nitrogen functional groups attached to an aromatic ring is 1. The highest BCUT2D eigenvalue weighted by atomic mass is 35.5. The van der Waals surface area contributed by atoms with E-state index in [4.69, 9.17) is 17.3 Å². The Balaban J connectivity index is 2.27. The molecule has 2 heterocycles. The van der Waals surface area contributed by atoms with E-state index in [1.165, 1.54) is 12.3 Å². The molecule has 0 spiro atoms. The number of rotatable bonds is 4. The minimum Gasteiger partial charge on any atom is -0.384 e. The number of benzene rings is 1. The van der Waals surface area contributed by atoms with E-state index in [1.54, 1.807) is 41.1 Å². The summed E-state index contributed by atoms with van der Waals surface area (Å²) in [5.74, 6) is 0.484. The van der Waals surface area contributed by atoms with Gasteiger partial charge in [0.15, 0.2) is 0 Å². The molecule has 0 unspecified atom stereocenters. The Kier molecular flexibility index (Phi) is 4.63. The Morgan fingerprint density at radius 1 is 1.32 bits per heavy atom. The molecule has 0 aliphatic rings. The molecule has 0 saturated heterocycles. The Bertz CT molecular complexity index is 960. The summed E-state index contributed by atoms with van der Waals surface area (Å²) in [4.78, 5) is 12.4. The largest absolute Gasteiger partial charge is 0.384 e. The highest BCUT2D eigenvalue weighted by Gasteiger charge is 2.18. The summed E-state index contributed by atoms with van der Waals surface area (Å²) in [7, 11) is 0. The number of anilines is 1. The molecular formula is C18H15ClFN5. The molecule has 3 rings (SSSR count). The van der Waals surface area contributed by atoms with E-state index < -0.39 is 5.82 Å². The van der Waals surface area contributed by atoms with Crippen LogP contribution in [-0.2, 0) is 0 Å². The smallest absolute Gasteiger partial charge is 0.148 e. The number of hydrogen-bond acceptors (Lipinski definition) is 4. The van der Waals surface area contributed by atoms with Crippen molar-refractivity contribution in [3.8, 4) is 17.1 Å². The Labute approximate surface area is 149 Å². The maximum absolute atomic E-state index is 14.5. The van der Waals surface area contributed by atoms with Gasteiger partial charge in [0.05, 0.1) is 11.4 Å². The summed E-state index contributed by atoms with van der Waals surface area (Å²) >= 11 is 5.87. The lowest BCUT2D eigenvalue weighted by Crippen LogP contribution is -2.03. The molecule has 25 heavy (non-hydrogen) atoms. The third-order valence-electron chi connectivity index (χ3n) is 3.68. The summed E-state index contributed by atoms with van der Waals surface area (Å²) in [5.41, 5.74) is 8.09. The second-order valence-corrected chi connectivity index (χ2v) is 5.74. The van der Waals surface area contributed by atoms with E-state index in [9.17, 15) is 4.39 Å². The van der Waals surface area contributed by atoms with E-state index in [0.717, 1.165) is 5.69 Å². The normalized spacial score (nSPS) is 11.2. The van der Waals surface area contributed by atoms with Gasteiger partial charge in [0.1, 0.15) is 17.5 Å². The molecule has 7 heteroatoms. The van der Waals surface area contributed by atoms with E-state index in [1.807, 2.05) is 6.92 Å². The van der Waals surface area contributed by atoms with Crippen molar-refractivity contribution in [2.24, 2.45) is 4.99 Å². The highest BCUT2D eigenvalue weighted by Crippen LogP contribution is 2.29. The summed E-state index contributed by atoms with van der Waals surface area (Å²) in [5, 5.41) is 0.325. The van der Waals surface area contributed by atoms with E-state index in [2.05, 4.69) is 21.7 Å². The van der Waals surface area contributed by atoms with E-state index >= 15 is 0 Å². The first-order valence-electron chi connectivity index (χ1n) is 7.40. The van der Waals surface area contributed by atoms with Crippen LogP contribution in [0.3, 0.4) is 0 Å². The Hall–Kier alpha value is -2.99. The first-order valence-corrected chi connectivity index (χ1v) is 7.78. The second kappa shape index (κ2) is 6.86. The van der Waals surface area contributed by atoms with Crippen LogP contribution >= 0.6 is 11.6 Å². The summed E-state index contributed by atoms with van der Waals surface area (Å²) in [6, 6.07) is 7.96. The van der Waals surface area contributed by atoms with Gasteiger partial charge >= 0.3 is 0 Å². The highest BCUT2D eigenvalue weighted by molar-refractivity contribution is 6.30. The summed E-state index contributed by atoms with van der Waals surface area (Å²) in [6.45, 7) is 5.26. The third-order valence-corrected chi connectivity index (χ3v) is 3.91. The first kappa shape index (κ1) is 16.9. The molecule has 1 aromatic carbocycles.